The van der Waals surface area contributed by atoms with E-state index in [0.29, 0.717) is 17.2 Å². The van der Waals surface area contributed by atoms with E-state index in [2.05, 4.69) is 11.2 Å². The predicted molar refractivity (Wildman–Crippen MR) is 69.7 cm³/mol. The Morgan fingerprint density at radius 1 is 1.67 bits per heavy atom. The van der Waals surface area contributed by atoms with Gasteiger partial charge in [-0.3, -0.25) is 0 Å². The van der Waals surface area contributed by atoms with Crippen LogP contribution in [0.4, 0.5) is 0 Å². The molecular formula is C13H15ClNO3. The molecule has 1 aromatic rings. The molecule has 1 aromatic carbocycles. The molecule has 97 valence electrons. The summed E-state index contributed by atoms with van der Waals surface area (Å²) in [5, 5.41) is 4.25. The Morgan fingerprint density at radius 3 is 3.11 bits per heavy atom. The molecule has 0 fully saturated rings. The van der Waals surface area contributed by atoms with Crippen molar-refractivity contribution >= 4 is 23.8 Å². The maximum atomic E-state index is 11.4. The van der Waals surface area contributed by atoms with Crippen LogP contribution in [0, 0.1) is 6.07 Å². The normalized spacial score (nSPS) is 12.4. The Bertz CT molecular complexity index is 420. The van der Waals surface area contributed by atoms with Crippen molar-refractivity contribution in [3.8, 4) is 0 Å². The van der Waals surface area contributed by atoms with Gasteiger partial charge in [0, 0.05) is 10.6 Å². The number of ether oxygens (including phenoxy) is 1. The Labute approximate surface area is 112 Å². The van der Waals surface area contributed by atoms with Crippen molar-refractivity contribution < 1.29 is 14.4 Å². The van der Waals surface area contributed by atoms with E-state index in [1.54, 1.807) is 25.1 Å². The maximum Gasteiger partial charge on any atom is 0.349 e. The van der Waals surface area contributed by atoms with Gasteiger partial charge in [-0.1, -0.05) is 29.7 Å². The monoisotopic (exact) mass is 268 g/mol. The minimum Gasteiger partial charge on any atom is -0.463 e. The quantitative estimate of drug-likeness (QED) is 0.453. The average molecular weight is 269 g/mol. The first-order chi connectivity index (χ1) is 8.65. The van der Waals surface area contributed by atoms with Gasteiger partial charge in [0.15, 0.2) is 0 Å². The average Bonchev–Trinajstić information content (AvgIpc) is 2.38. The third-order valence-corrected chi connectivity index (χ3v) is 2.38. The summed E-state index contributed by atoms with van der Waals surface area (Å²) in [6, 6.07) is 7.94. The minimum atomic E-state index is -0.737. The first-order valence-electron chi connectivity index (χ1n) is 5.66. The number of halogens is 1. The number of rotatable bonds is 6. The van der Waals surface area contributed by atoms with Gasteiger partial charge in [0.2, 0.25) is 6.10 Å². The van der Waals surface area contributed by atoms with Crippen LogP contribution in [-0.2, 0) is 14.4 Å². The summed E-state index contributed by atoms with van der Waals surface area (Å²) in [4.78, 5) is 16.3. The molecule has 0 spiro atoms. The highest BCUT2D eigenvalue weighted by atomic mass is 35.5. The van der Waals surface area contributed by atoms with E-state index in [1.165, 1.54) is 6.21 Å². The molecule has 0 aromatic heterocycles. The molecule has 0 saturated carbocycles. The van der Waals surface area contributed by atoms with Gasteiger partial charge < -0.3 is 9.57 Å². The van der Waals surface area contributed by atoms with Crippen LogP contribution in [0.15, 0.2) is 23.4 Å². The molecule has 4 nitrogen and oxygen atoms in total. The molecule has 0 N–H and O–H groups in total. The number of esters is 1. The molecule has 0 amide bonds. The fourth-order valence-electron chi connectivity index (χ4n) is 1.06. The number of hydrogen-bond donors (Lipinski definition) is 0. The summed E-state index contributed by atoms with van der Waals surface area (Å²) >= 11 is 5.91. The lowest BCUT2D eigenvalue weighted by molar-refractivity contribution is -0.155. The Kier molecular flexibility index (Phi) is 6.22. The third-order valence-electron chi connectivity index (χ3n) is 2.03. The summed E-state index contributed by atoms with van der Waals surface area (Å²) in [5.41, 5.74) is 0.674. The molecule has 0 aliphatic rings. The highest BCUT2D eigenvalue weighted by Gasteiger charge is 2.14. The first-order valence-corrected chi connectivity index (χ1v) is 6.04. The number of nitrogens with zero attached hydrogens (tertiary/aromatic N) is 1. The summed E-state index contributed by atoms with van der Waals surface area (Å²) in [7, 11) is 0. The van der Waals surface area contributed by atoms with Gasteiger partial charge in [-0.15, -0.1) is 0 Å². The van der Waals surface area contributed by atoms with Gasteiger partial charge in [-0.25, -0.2) is 4.79 Å². The van der Waals surface area contributed by atoms with E-state index in [0.717, 1.165) is 6.42 Å². The topological polar surface area (TPSA) is 47.9 Å². The van der Waals surface area contributed by atoms with Crippen molar-refractivity contribution in [1.82, 2.24) is 0 Å². The second-order valence-electron chi connectivity index (χ2n) is 3.60. The van der Waals surface area contributed by atoms with Crippen molar-refractivity contribution in [3.05, 3.63) is 34.9 Å². The SMILES string of the molecule is CCCOC(=O)C(C)ON=Cc1c[c]ccc1Cl. The molecule has 5 heteroatoms. The van der Waals surface area contributed by atoms with Crippen molar-refractivity contribution in [2.45, 2.75) is 26.4 Å². The molecule has 0 aliphatic carbocycles. The van der Waals surface area contributed by atoms with E-state index < -0.39 is 12.1 Å². The Balaban J connectivity index is 2.45. The number of carbonyl (C=O) groups is 1. The second-order valence-corrected chi connectivity index (χ2v) is 4.00. The zero-order valence-corrected chi connectivity index (χ0v) is 11.1. The molecule has 0 bridgehead atoms. The number of oxime groups is 1. The summed E-state index contributed by atoms with van der Waals surface area (Å²) in [6.45, 7) is 3.88. The van der Waals surface area contributed by atoms with Crippen LogP contribution < -0.4 is 0 Å². The summed E-state index contributed by atoms with van der Waals surface area (Å²) in [6.07, 6.45) is 1.47. The zero-order chi connectivity index (χ0) is 13.4. The largest absolute Gasteiger partial charge is 0.463 e. The van der Waals surface area contributed by atoms with Gasteiger partial charge in [-0.2, -0.15) is 0 Å². The van der Waals surface area contributed by atoms with Crippen molar-refractivity contribution in [3.63, 3.8) is 0 Å². The Hall–Kier alpha value is -1.55. The van der Waals surface area contributed by atoms with E-state index in [1.807, 2.05) is 6.92 Å². The van der Waals surface area contributed by atoms with Gasteiger partial charge in [0.05, 0.1) is 12.8 Å². The maximum absolute atomic E-state index is 11.4. The molecule has 0 saturated heterocycles. The van der Waals surface area contributed by atoms with Gasteiger partial charge in [0.25, 0.3) is 0 Å². The van der Waals surface area contributed by atoms with Crippen LogP contribution in [-0.4, -0.2) is 24.9 Å². The summed E-state index contributed by atoms with van der Waals surface area (Å²) < 4.78 is 4.91. The lowest BCUT2D eigenvalue weighted by Crippen LogP contribution is -2.21. The van der Waals surface area contributed by atoms with E-state index >= 15 is 0 Å². The highest BCUT2D eigenvalue weighted by molar-refractivity contribution is 6.33. The molecule has 1 radical (unpaired) electrons. The van der Waals surface area contributed by atoms with Crippen molar-refractivity contribution in [1.29, 1.82) is 0 Å². The van der Waals surface area contributed by atoms with E-state index in [-0.39, 0.29) is 0 Å². The minimum absolute atomic E-state index is 0.385. The van der Waals surface area contributed by atoms with Gasteiger partial charge >= 0.3 is 5.97 Å². The van der Waals surface area contributed by atoms with Gasteiger partial charge in [0.1, 0.15) is 0 Å². The number of hydrogen-bond acceptors (Lipinski definition) is 4. The number of carbonyl (C=O) groups excluding carboxylic acids is 1. The molecule has 1 atom stereocenters. The smallest absolute Gasteiger partial charge is 0.349 e. The van der Waals surface area contributed by atoms with E-state index in [4.69, 9.17) is 21.2 Å². The fraction of sp³-hybridized carbons (Fsp3) is 0.385. The van der Waals surface area contributed by atoms with Crippen LogP contribution in [0.2, 0.25) is 5.02 Å². The molecule has 1 rings (SSSR count). The van der Waals surface area contributed by atoms with Crippen LogP contribution in [0.25, 0.3) is 0 Å². The molecule has 0 heterocycles. The first kappa shape index (κ1) is 14.5. The van der Waals surface area contributed by atoms with Crippen LogP contribution in [0.3, 0.4) is 0 Å². The Morgan fingerprint density at radius 2 is 2.44 bits per heavy atom. The van der Waals surface area contributed by atoms with Gasteiger partial charge in [-0.05, 0) is 31.5 Å². The van der Waals surface area contributed by atoms with Crippen molar-refractivity contribution in [2.75, 3.05) is 6.61 Å². The summed E-state index contributed by atoms with van der Waals surface area (Å²) in [5.74, 6) is -0.431. The standard InChI is InChI=1S/C13H15ClNO3/c1-3-8-17-13(16)10(2)18-15-9-11-6-4-5-7-12(11)14/h5-7,9-10H,3,8H2,1-2H3. The highest BCUT2D eigenvalue weighted by Crippen LogP contribution is 2.12. The lowest BCUT2D eigenvalue weighted by Gasteiger charge is -2.08. The zero-order valence-electron chi connectivity index (χ0n) is 10.4. The van der Waals surface area contributed by atoms with E-state index in [9.17, 15) is 4.79 Å². The predicted octanol–water partition coefficient (Wildman–Crippen LogP) is 2.83. The molecular weight excluding hydrogens is 254 g/mol. The van der Waals surface area contributed by atoms with Crippen molar-refractivity contribution in [2.24, 2.45) is 5.16 Å². The molecule has 0 aliphatic heterocycles. The van der Waals surface area contributed by atoms with Crippen LogP contribution >= 0.6 is 11.6 Å². The lowest BCUT2D eigenvalue weighted by atomic mass is 10.2. The van der Waals surface area contributed by atoms with Crippen LogP contribution in [0.5, 0.6) is 0 Å². The molecule has 18 heavy (non-hydrogen) atoms. The second kappa shape index (κ2) is 7.71. The third kappa shape index (κ3) is 4.75. The number of benzene rings is 1. The fourth-order valence-corrected chi connectivity index (χ4v) is 1.23. The molecule has 1 unspecified atom stereocenters. The van der Waals surface area contributed by atoms with Crippen LogP contribution in [0.1, 0.15) is 25.8 Å².